The Bertz CT molecular complexity index is 445. The molecule has 0 amide bonds. The summed E-state index contributed by atoms with van der Waals surface area (Å²) in [5.41, 5.74) is 3.68. The number of benzene rings is 1. The molecule has 0 saturated heterocycles. The van der Waals surface area contributed by atoms with Crippen molar-refractivity contribution in [3.8, 4) is 0 Å². The highest BCUT2D eigenvalue weighted by Gasteiger charge is 2.27. The van der Waals surface area contributed by atoms with Crippen molar-refractivity contribution in [1.29, 1.82) is 0 Å². The van der Waals surface area contributed by atoms with Crippen LogP contribution in [0.15, 0.2) is 18.2 Å². The van der Waals surface area contributed by atoms with Gasteiger partial charge in [0.05, 0.1) is 5.38 Å². The summed E-state index contributed by atoms with van der Waals surface area (Å²) >= 11 is 6.24. The van der Waals surface area contributed by atoms with Gasteiger partial charge in [0.2, 0.25) is 0 Å². The van der Waals surface area contributed by atoms with Gasteiger partial charge < -0.3 is 4.74 Å². The molecule has 1 nitrogen and oxygen atoms in total. The Morgan fingerprint density at radius 1 is 1.15 bits per heavy atom. The van der Waals surface area contributed by atoms with Crippen LogP contribution in [0, 0.1) is 0 Å². The molecule has 0 fully saturated rings. The zero-order chi connectivity index (χ0) is 14.6. The molecule has 0 radical (unpaired) electrons. The fourth-order valence-electron chi connectivity index (χ4n) is 2.49. The van der Waals surface area contributed by atoms with Gasteiger partial charge in [0.15, 0.2) is 0 Å². The summed E-state index contributed by atoms with van der Waals surface area (Å²) in [5, 5.41) is -0.296. The highest BCUT2D eigenvalue weighted by molar-refractivity contribution is 6.20. The van der Waals surface area contributed by atoms with Gasteiger partial charge in [-0.2, -0.15) is 13.2 Å². The van der Waals surface area contributed by atoms with Crippen molar-refractivity contribution in [2.24, 2.45) is 0 Å². The van der Waals surface area contributed by atoms with Gasteiger partial charge in [0.25, 0.3) is 0 Å². The molecule has 1 aromatic carbocycles. The van der Waals surface area contributed by atoms with Crippen LogP contribution in [0.5, 0.6) is 0 Å². The molecule has 0 spiro atoms. The van der Waals surface area contributed by atoms with Crippen molar-refractivity contribution in [2.75, 3.05) is 13.2 Å². The minimum Gasteiger partial charge on any atom is -0.372 e. The van der Waals surface area contributed by atoms with Crippen molar-refractivity contribution in [3.63, 3.8) is 0 Å². The molecular weight excluding hydrogens is 289 g/mol. The highest BCUT2D eigenvalue weighted by Crippen LogP contribution is 2.29. The zero-order valence-corrected chi connectivity index (χ0v) is 11.9. The molecule has 1 aliphatic carbocycles. The molecule has 1 aliphatic rings. The Labute approximate surface area is 122 Å². The van der Waals surface area contributed by atoms with Crippen molar-refractivity contribution in [1.82, 2.24) is 0 Å². The third kappa shape index (κ3) is 4.67. The van der Waals surface area contributed by atoms with Gasteiger partial charge in [0, 0.05) is 6.61 Å². The van der Waals surface area contributed by atoms with E-state index < -0.39 is 12.8 Å². The Morgan fingerprint density at radius 3 is 2.55 bits per heavy atom. The highest BCUT2D eigenvalue weighted by atomic mass is 35.5. The smallest absolute Gasteiger partial charge is 0.372 e. The number of hydrogen-bond acceptors (Lipinski definition) is 1. The van der Waals surface area contributed by atoms with Crippen LogP contribution >= 0.6 is 11.6 Å². The predicted molar refractivity (Wildman–Crippen MR) is 73.2 cm³/mol. The molecule has 5 heteroatoms. The molecule has 0 aromatic heterocycles. The third-order valence-electron chi connectivity index (χ3n) is 3.52. The molecule has 2 rings (SSSR count). The summed E-state index contributed by atoms with van der Waals surface area (Å²) < 4.78 is 40.4. The summed E-state index contributed by atoms with van der Waals surface area (Å²) in [4.78, 5) is 0. The van der Waals surface area contributed by atoms with Crippen molar-refractivity contribution < 1.29 is 17.9 Å². The quantitative estimate of drug-likeness (QED) is 0.560. The van der Waals surface area contributed by atoms with Crippen LogP contribution < -0.4 is 0 Å². The first-order valence-electron chi connectivity index (χ1n) is 6.86. The van der Waals surface area contributed by atoms with Crippen LogP contribution in [-0.4, -0.2) is 19.4 Å². The lowest BCUT2D eigenvalue weighted by Crippen LogP contribution is -2.17. The third-order valence-corrected chi connectivity index (χ3v) is 3.99. The topological polar surface area (TPSA) is 9.23 Å². The number of halogens is 4. The van der Waals surface area contributed by atoms with E-state index in [1.54, 1.807) is 0 Å². The van der Waals surface area contributed by atoms with Gasteiger partial charge in [-0.1, -0.05) is 18.2 Å². The number of rotatable bonds is 5. The van der Waals surface area contributed by atoms with Gasteiger partial charge in [-0.05, 0) is 48.8 Å². The Kier molecular flexibility index (Phi) is 5.33. The Hall–Kier alpha value is -0.740. The molecule has 20 heavy (non-hydrogen) atoms. The second-order valence-electron chi connectivity index (χ2n) is 5.16. The van der Waals surface area contributed by atoms with Crippen LogP contribution in [0.4, 0.5) is 13.2 Å². The molecule has 0 heterocycles. The standard InChI is InChI=1S/C15H18ClF3O/c16-14(7-8-20-10-15(17,18)19)13-6-5-11-3-1-2-4-12(11)9-13/h5-6,9,14H,1-4,7-8,10H2. The normalized spacial score (nSPS) is 16.8. The van der Waals surface area contributed by atoms with Crippen LogP contribution in [-0.2, 0) is 17.6 Å². The molecule has 0 saturated carbocycles. The molecule has 1 atom stereocenters. The summed E-state index contributed by atoms with van der Waals surface area (Å²) in [6.07, 6.45) is 0.707. The molecule has 0 N–H and O–H groups in total. The number of hydrogen-bond donors (Lipinski definition) is 0. The number of aryl methyl sites for hydroxylation is 2. The van der Waals surface area contributed by atoms with Gasteiger partial charge in [-0.15, -0.1) is 11.6 Å². The van der Waals surface area contributed by atoms with Gasteiger partial charge in [-0.25, -0.2) is 0 Å². The largest absolute Gasteiger partial charge is 0.411 e. The van der Waals surface area contributed by atoms with E-state index in [9.17, 15) is 13.2 Å². The van der Waals surface area contributed by atoms with E-state index in [0.717, 1.165) is 18.4 Å². The second kappa shape index (κ2) is 6.81. The lowest BCUT2D eigenvalue weighted by atomic mass is 9.89. The minimum atomic E-state index is -4.27. The summed E-state index contributed by atoms with van der Waals surface area (Å²) in [6, 6.07) is 6.16. The lowest BCUT2D eigenvalue weighted by Gasteiger charge is -2.18. The molecule has 0 bridgehead atoms. The fourth-order valence-corrected chi connectivity index (χ4v) is 2.71. The average molecular weight is 307 g/mol. The Balaban J connectivity index is 1.84. The van der Waals surface area contributed by atoms with Crippen molar-refractivity contribution in [2.45, 2.75) is 43.7 Å². The maximum Gasteiger partial charge on any atom is 0.411 e. The average Bonchev–Trinajstić information content (AvgIpc) is 2.42. The van der Waals surface area contributed by atoms with E-state index in [2.05, 4.69) is 16.9 Å². The number of ether oxygens (including phenoxy) is 1. The second-order valence-corrected chi connectivity index (χ2v) is 5.69. The van der Waals surface area contributed by atoms with Gasteiger partial charge in [0.1, 0.15) is 6.61 Å². The minimum absolute atomic E-state index is 0.0186. The monoisotopic (exact) mass is 306 g/mol. The van der Waals surface area contributed by atoms with Crippen LogP contribution in [0.1, 0.15) is 41.3 Å². The van der Waals surface area contributed by atoms with E-state index >= 15 is 0 Å². The van der Waals surface area contributed by atoms with Crippen molar-refractivity contribution in [3.05, 3.63) is 34.9 Å². The molecule has 1 aromatic rings. The summed E-state index contributed by atoms with van der Waals surface area (Å²) in [5.74, 6) is 0. The van der Waals surface area contributed by atoms with E-state index in [0.29, 0.717) is 6.42 Å². The molecule has 0 aliphatic heterocycles. The van der Waals surface area contributed by atoms with E-state index in [1.165, 1.54) is 24.0 Å². The van der Waals surface area contributed by atoms with E-state index in [4.69, 9.17) is 11.6 Å². The van der Waals surface area contributed by atoms with E-state index in [-0.39, 0.29) is 12.0 Å². The first kappa shape index (κ1) is 15.6. The van der Waals surface area contributed by atoms with Crippen LogP contribution in [0.2, 0.25) is 0 Å². The SMILES string of the molecule is FC(F)(F)COCCC(Cl)c1ccc2c(c1)CCCC2. The first-order chi connectivity index (χ1) is 9.46. The fraction of sp³-hybridized carbons (Fsp3) is 0.600. The van der Waals surface area contributed by atoms with Crippen LogP contribution in [0.3, 0.4) is 0 Å². The maximum atomic E-state index is 11.9. The molecule has 112 valence electrons. The molecular formula is C15H18ClF3O. The summed E-state index contributed by atoms with van der Waals surface area (Å²) in [6.45, 7) is -1.19. The van der Waals surface area contributed by atoms with Crippen molar-refractivity contribution >= 4 is 11.6 Å². The van der Waals surface area contributed by atoms with Gasteiger partial charge in [-0.3, -0.25) is 0 Å². The predicted octanol–water partition coefficient (Wildman–Crippen LogP) is 4.81. The molecule has 1 unspecified atom stereocenters. The van der Waals surface area contributed by atoms with Crippen LogP contribution in [0.25, 0.3) is 0 Å². The zero-order valence-electron chi connectivity index (χ0n) is 11.2. The van der Waals surface area contributed by atoms with E-state index in [1.807, 2.05) is 6.07 Å². The summed E-state index contributed by atoms with van der Waals surface area (Å²) in [7, 11) is 0. The van der Waals surface area contributed by atoms with Gasteiger partial charge >= 0.3 is 6.18 Å². The first-order valence-corrected chi connectivity index (χ1v) is 7.29. The number of fused-ring (bicyclic) bond motifs is 1. The number of alkyl halides is 4. The Morgan fingerprint density at radius 2 is 1.85 bits per heavy atom. The maximum absolute atomic E-state index is 11.9. The lowest BCUT2D eigenvalue weighted by molar-refractivity contribution is -0.174.